The second-order valence-electron chi connectivity index (χ2n) is 6.15. The molecule has 0 bridgehead atoms. The van der Waals surface area contributed by atoms with E-state index in [0.717, 1.165) is 25.1 Å². The first-order valence-corrected chi connectivity index (χ1v) is 8.15. The number of nitrogens with one attached hydrogen (secondary N) is 1. The predicted octanol–water partition coefficient (Wildman–Crippen LogP) is 2.01. The van der Waals surface area contributed by atoms with E-state index in [1.165, 1.54) is 0 Å². The molecule has 1 aromatic rings. The van der Waals surface area contributed by atoms with Crippen LogP contribution in [0.15, 0.2) is 10.6 Å². The molecule has 7 heteroatoms. The van der Waals surface area contributed by atoms with E-state index >= 15 is 0 Å². The second kappa shape index (κ2) is 8.10. The molecule has 1 aliphatic rings. The molecule has 1 amide bonds. The zero-order valence-corrected chi connectivity index (χ0v) is 14.0. The number of ether oxygens (including phenoxy) is 1. The molecular weight excluding hydrogens is 298 g/mol. The lowest BCUT2D eigenvalue weighted by Gasteiger charge is -2.30. The fourth-order valence-electron chi connectivity index (χ4n) is 2.65. The van der Waals surface area contributed by atoms with Crippen molar-refractivity contribution in [1.82, 2.24) is 10.1 Å². The van der Waals surface area contributed by atoms with Crippen LogP contribution in [0.25, 0.3) is 0 Å². The van der Waals surface area contributed by atoms with E-state index in [1.807, 2.05) is 18.7 Å². The van der Waals surface area contributed by atoms with Crippen LogP contribution in [0.2, 0.25) is 0 Å². The van der Waals surface area contributed by atoms with Crippen LogP contribution in [0.5, 0.6) is 0 Å². The Morgan fingerprint density at radius 3 is 2.96 bits per heavy atom. The number of anilines is 1. The van der Waals surface area contributed by atoms with Gasteiger partial charge in [0.2, 0.25) is 11.8 Å². The number of rotatable bonds is 6. The van der Waals surface area contributed by atoms with Gasteiger partial charge < -0.3 is 9.26 Å². The van der Waals surface area contributed by atoms with Crippen LogP contribution in [0, 0.1) is 5.92 Å². The summed E-state index contributed by atoms with van der Waals surface area (Å²) in [6.45, 7) is 7.79. The number of carbonyl (C=O) groups excluding carboxylic acids is 2. The minimum Gasteiger partial charge on any atom is -0.466 e. The molecular formula is C16H25N3O4. The Labute approximate surface area is 136 Å². The molecule has 0 unspecified atom stereocenters. The van der Waals surface area contributed by atoms with Crippen LogP contribution in [-0.2, 0) is 14.3 Å². The Hall–Kier alpha value is -1.89. The lowest BCUT2D eigenvalue weighted by atomic mass is 9.98. The number of nitrogens with zero attached hydrogens (tertiary/aromatic N) is 2. The minimum atomic E-state index is -0.172. The van der Waals surface area contributed by atoms with E-state index in [9.17, 15) is 9.59 Å². The van der Waals surface area contributed by atoms with Crippen molar-refractivity contribution in [3.63, 3.8) is 0 Å². The van der Waals surface area contributed by atoms with Gasteiger partial charge in [0.25, 0.3) is 0 Å². The molecule has 1 fully saturated rings. The number of likely N-dealkylation sites (tertiary alicyclic amines) is 1. The largest absolute Gasteiger partial charge is 0.466 e. The highest BCUT2D eigenvalue weighted by Crippen LogP contribution is 2.19. The van der Waals surface area contributed by atoms with Crippen molar-refractivity contribution < 1.29 is 18.8 Å². The quantitative estimate of drug-likeness (QED) is 0.806. The molecule has 2 rings (SSSR count). The Bertz CT molecular complexity index is 541. The van der Waals surface area contributed by atoms with Crippen molar-refractivity contribution in [3.8, 4) is 0 Å². The molecule has 0 aromatic carbocycles. The van der Waals surface area contributed by atoms with Gasteiger partial charge in [0, 0.05) is 12.6 Å². The van der Waals surface area contributed by atoms with Gasteiger partial charge in [0.1, 0.15) is 0 Å². The summed E-state index contributed by atoms with van der Waals surface area (Å²) >= 11 is 0. The fraction of sp³-hybridized carbons (Fsp3) is 0.688. The van der Waals surface area contributed by atoms with Gasteiger partial charge in [-0.1, -0.05) is 19.0 Å². The zero-order chi connectivity index (χ0) is 16.8. The number of amides is 1. The molecule has 7 nitrogen and oxygen atoms in total. The minimum absolute atomic E-state index is 0.144. The topological polar surface area (TPSA) is 84.7 Å². The Morgan fingerprint density at radius 1 is 1.52 bits per heavy atom. The van der Waals surface area contributed by atoms with E-state index in [2.05, 4.69) is 10.5 Å². The third-order valence-corrected chi connectivity index (χ3v) is 3.88. The molecule has 0 aliphatic carbocycles. The monoisotopic (exact) mass is 323 g/mol. The molecule has 128 valence electrons. The summed E-state index contributed by atoms with van der Waals surface area (Å²) in [4.78, 5) is 25.9. The van der Waals surface area contributed by atoms with Gasteiger partial charge in [-0.2, -0.15) is 0 Å². The molecule has 1 N–H and O–H groups in total. The van der Waals surface area contributed by atoms with Gasteiger partial charge in [0.15, 0.2) is 0 Å². The number of hydrogen-bond donors (Lipinski definition) is 1. The smallest absolute Gasteiger partial charge is 0.310 e. The normalized spacial score (nSPS) is 18.9. The molecule has 1 aromatic heterocycles. The molecule has 2 heterocycles. The average molecular weight is 323 g/mol. The van der Waals surface area contributed by atoms with Crippen molar-refractivity contribution in [2.45, 2.75) is 39.5 Å². The predicted molar refractivity (Wildman–Crippen MR) is 85.0 cm³/mol. The SMILES string of the molecule is CCOC(=O)[C@H]1CCCN(CC(=O)Nc2cc(C(C)C)no2)C1. The van der Waals surface area contributed by atoms with Gasteiger partial charge in [-0.3, -0.25) is 19.8 Å². The van der Waals surface area contributed by atoms with Crippen molar-refractivity contribution in [2.24, 2.45) is 5.92 Å². The summed E-state index contributed by atoms with van der Waals surface area (Å²) in [5.41, 5.74) is 0.806. The molecule has 1 atom stereocenters. The van der Waals surface area contributed by atoms with Gasteiger partial charge in [-0.25, -0.2) is 0 Å². The molecule has 1 aliphatic heterocycles. The molecule has 0 radical (unpaired) electrons. The summed E-state index contributed by atoms with van der Waals surface area (Å²) in [7, 11) is 0. The lowest BCUT2D eigenvalue weighted by molar-refractivity contribution is -0.150. The summed E-state index contributed by atoms with van der Waals surface area (Å²) in [6, 6.07) is 1.74. The van der Waals surface area contributed by atoms with Gasteiger partial charge in [0.05, 0.1) is 24.8 Å². The highest BCUT2D eigenvalue weighted by Gasteiger charge is 2.27. The zero-order valence-electron chi connectivity index (χ0n) is 14.0. The first-order chi connectivity index (χ1) is 11.0. The number of aromatic nitrogens is 1. The van der Waals surface area contributed by atoms with Crippen LogP contribution in [0.1, 0.15) is 45.2 Å². The summed E-state index contributed by atoms with van der Waals surface area (Å²) < 4.78 is 10.2. The first-order valence-electron chi connectivity index (χ1n) is 8.15. The van der Waals surface area contributed by atoms with Crippen LogP contribution in [0.3, 0.4) is 0 Å². The highest BCUT2D eigenvalue weighted by atomic mass is 16.5. The maximum Gasteiger partial charge on any atom is 0.310 e. The van der Waals surface area contributed by atoms with Gasteiger partial charge in [-0.05, 0) is 32.2 Å². The van der Waals surface area contributed by atoms with Crippen LogP contribution in [-0.4, -0.2) is 48.2 Å². The van der Waals surface area contributed by atoms with E-state index in [0.29, 0.717) is 19.0 Å². The van der Waals surface area contributed by atoms with Crippen LogP contribution >= 0.6 is 0 Å². The van der Waals surface area contributed by atoms with E-state index in [4.69, 9.17) is 9.26 Å². The van der Waals surface area contributed by atoms with Crippen molar-refractivity contribution in [3.05, 3.63) is 11.8 Å². The first kappa shape index (κ1) is 17.5. The number of piperidine rings is 1. The second-order valence-corrected chi connectivity index (χ2v) is 6.15. The maximum absolute atomic E-state index is 12.1. The van der Waals surface area contributed by atoms with Crippen LogP contribution < -0.4 is 5.32 Å². The summed E-state index contributed by atoms with van der Waals surface area (Å²) in [5.74, 6) is 0.124. The van der Waals surface area contributed by atoms with Crippen LogP contribution in [0.4, 0.5) is 5.88 Å². The average Bonchev–Trinajstić information content (AvgIpc) is 2.96. The fourth-order valence-corrected chi connectivity index (χ4v) is 2.65. The maximum atomic E-state index is 12.1. The molecule has 0 spiro atoms. The molecule has 1 saturated heterocycles. The molecule has 23 heavy (non-hydrogen) atoms. The Kier molecular flexibility index (Phi) is 6.15. The Balaban J connectivity index is 1.83. The summed E-state index contributed by atoms with van der Waals surface area (Å²) in [6.07, 6.45) is 1.70. The third kappa shape index (κ3) is 5.06. The van der Waals surface area contributed by atoms with Crippen molar-refractivity contribution in [1.29, 1.82) is 0 Å². The van der Waals surface area contributed by atoms with E-state index in [-0.39, 0.29) is 30.3 Å². The summed E-state index contributed by atoms with van der Waals surface area (Å²) in [5, 5.41) is 6.61. The number of carbonyl (C=O) groups is 2. The molecule has 0 saturated carbocycles. The lowest BCUT2D eigenvalue weighted by Crippen LogP contribution is -2.43. The van der Waals surface area contributed by atoms with E-state index < -0.39 is 0 Å². The Morgan fingerprint density at radius 2 is 2.30 bits per heavy atom. The number of esters is 1. The van der Waals surface area contributed by atoms with Gasteiger partial charge in [-0.15, -0.1) is 0 Å². The third-order valence-electron chi connectivity index (χ3n) is 3.88. The standard InChI is InChI=1S/C16H25N3O4/c1-4-22-16(21)12-6-5-7-19(9-12)10-14(20)17-15-8-13(11(2)3)18-23-15/h8,11-12H,4-7,9-10H2,1-3H3,(H,17,20)/t12-/m0/s1. The van der Waals surface area contributed by atoms with Gasteiger partial charge >= 0.3 is 5.97 Å². The van der Waals surface area contributed by atoms with Crippen molar-refractivity contribution in [2.75, 3.05) is 31.6 Å². The number of hydrogen-bond acceptors (Lipinski definition) is 6. The highest BCUT2D eigenvalue weighted by molar-refractivity contribution is 5.91. The van der Waals surface area contributed by atoms with E-state index in [1.54, 1.807) is 13.0 Å². The van der Waals surface area contributed by atoms with Crippen molar-refractivity contribution >= 4 is 17.8 Å².